The van der Waals surface area contributed by atoms with Crippen LogP contribution < -0.4 is 10.6 Å². The summed E-state index contributed by atoms with van der Waals surface area (Å²) < 4.78 is 37.8. The maximum absolute atomic E-state index is 12.6. The molecule has 0 aliphatic rings. The van der Waals surface area contributed by atoms with Gasteiger partial charge < -0.3 is 10.6 Å². The lowest BCUT2D eigenvalue weighted by molar-refractivity contribution is -0.137. The normalized spacial score (nSPS) is 11.2. The summed E-state index contributed by atoms with van der Waals surface area (Å²) in [5.41, 5.74) is 0.522. The van der Waals surface area contributed by atoms with Crippen molar-refractivity contribution >= 4 is 23.2 Å². The molecule has 0 saturated carbocycles. The molecule has 7 heteroatoms. The van der Waals surface area contributed by atoms with E-state index in [4.69, 9.17) is 11.6 Å². The van der Waals surface area contributed by atoms with E-state index in [0.717, 1.165) is 17.7 Å². The van der Waals surface area contributed by atoms with E-state index in [0.29, 0.717) is 17.3 Å². The van der Waals surface area contributed by atoms with Gasteiger partial charge in [-0.05, 0) is 35.9 Å². The van der Waals surface area contributed by atoms with Crippen molar-refractivity contribution < 1.29 is 18.0 Å². The van der Waals surface area contributed by atoms with Gasteiger partial charge in [0.2, 0.25) is 5.91 Å². The van der Waals surface area contributed by atoms with Gasteiger partial charge in [-0.25, -0.2) is 0 Å². The zero-order chi connectivity index (χ0) is 17.6. The second-order valence-electron chi connectivity index (χ2n) is 5.16. The third kappa shape index (κ3) is 5.77. The minimum Gasteiger partial charge on any atom is -0.385 e. The maximum Gasteiger partial charge on any atom is 0.416 e. The van der Waals surface area contributed by atoms with Gasteiger partial charge in [0.15, 0.2) is 0 Å². The van der Waals surface area contributed by atoms with Crippen LogP contribution in [0.2, 0.25) is 5.02 Å². The molecule has 0 unspecified atom stereocenters. The Labute approximate surface area is 142 Å². The Bertz CT molecular complexity index is 687. The molecule has 0 spiro atoms. The highest BCUT2D eigenvalue weighted by atomic mass is 35.5. The molecule has 0 aromatic heterocycles. The van der Waals surface area contributed by atoms with Crippen LogP contribution in [-0.4, -0.2) is 12.5 Å². The summed E-state index contributed by atoms with van der Waals surface area (Å²) in [7, 11) is 0. The number of rotatable bonds is 6. The van der Waals surface area contributed by atoms with Crippen LogP contribution in [0, 0.1) is 0 Å². The van der Waals surface area contributed by atoms with E-state index in [1.165, 1.54) is 12.1 Å². The van der Waals surface area contributed by atoms with E-state index >= 15 is 0 Å². The van der Waals surface area contributed by atoms with Crippen LogP contribution in [0.25, 0.3) is 0 Å². The van der Waals surface area contributed by atoms with Crippen LogP contribution in [-0.2, 0) is 17.5 Å². The van der Waals surface area contributed by atoms with Crippen LogP contribution in [0.5, 0.6) is 0 Å². The Morgan fingerprint density at radius 3 is 2.46 bits per heavy atom. The zero-order valence-corrected chi connectivity index (χ0v) is 13.4. The van der Waals surface area contributed by atoms with Crippen molar-refractivity contribution in [1.29, 1.82) is 0 Å². The third-order valence-electron chi connectivity index (χ3n) is 3.27. The monoisotopic (exact) mass is 356 g/mol. The second-order valence-corrected chi connectivity index (χ2v) is 5.59. The van der Waals surface area contributed by atoms with E-state index in [-0.39, 0.29) is 18.9 Å². The van der Waals surface area contributed by atoms with Gasteiger partial charge in [0.1, 0.15) is 0 Å². The number of carbonyl (C=O) groups excluding carboxylic acids is 1. The topological polar surface area (TPSA) is 41.1 Å². The highest BCUT2D eigenvalue weighted by Gasteiger charge is 2.30. The fraction of sp³-hybridized carbons (Fsp3) is 0.235. The molecular weight excluding hydrogens is 341 g/mol. The summed E-state index contributed by atoms with van der Waals surface area (Å²) in [5, 5.41) is 6.17. The number of hydrogen-bond acceptors (Lipinski definition) is 2. The first-order valence-corrected chi connectivity index (χ1v) is 7.64. The number of benzene rings is 2. The highest BCUT2D eigenvalue weighted by molar-refractivity contribution is 6.30. The van der Waals surface area contributed by atoms with Crippen molar-refractivity contribution in [1.82, 2.24) is 5.32 Å². The number of halogens is 4. The van der Waals surface area contributed by atoms with Gasteiger partial charge in [0.25, 0.3) is 0 Å². The third-order valence-corrected chi connectivity index (χ3v) is 3.53. The standard InChI is InChI=1S/C17H16ClF3N2O/c18-14-6-4-12(5-7-14)11-23-16(24)8-9-22-15-3-1-2-13(10-15)17(19,20)21/h1-7,10,22H,8-9,11H2,(H,23,24). The van der Waals surface area contributed by atoms with Crippen molar-refractivity contribution in [3.05, 3.63) is 64.7 Å². The summed E-state index contributed by atoms with van der Waals surface area (Å²) in [6.45, 7) is 0.618. The molecule has 0 atom stereocenters. The predicted octanol–water partition coefficient (Wildman–Crippen LogP) is 4.48. The number of hydrogen-bond donors (Lipinski definition) is 2. The Kier molecular flexibility index (Phi) is 6.09. The van der Waals surface area contributed by atoms with Crippen molar-refractivity contribution in [3.63, 3.8) is 0 Å². The summed E-state index contributed by atoms with van der Waals surface area (Å²) >= 11 is 5.77. The average molecular weight is 357 g/mol. The number of alkyl halides is 3. The molecular formula is C17H16ClF3N2O. The molecule has 128 valence electrons. The molecule has 0 bridgehead atoms. The zero-order valence-electron chi connectivity index (χ0n) is 12.7. The van der Waals surface area contributed by atoms with Gasteiger partial charge in [0.05, 0.1) is 5.56 Å². The van der Waals surface area contributed by atoms with Crippen molar-refractivity contribution in [2.75, 3.05) is 11.9 Å². The smallest absolute Gasteiger partial charge is 0.385 e. The molecule has 2 aromatic carbocycles. The molecule has 24 heavy (non-hydrogen) atoms. The fourth-order valence-corrected chi connectivity index (χ4v) is 2.14. The Hall–Kier alpha value is -2.21. The van der Waals surface area contributed by atoms with Crippen LogP contribution in [0.4, 0.5) is 18.9 Å². The fourth-order valence-electron chi connectivity index (χ4n) is 2.02. The second kappa shape index (κ2) is 8.06. The molecule has 0 heterocycles. The molecule has 1 amide bonds. The van der Waals surface area contributed by atoms with Crippen molar-refractivity contribution in [2.24, 2.45) is 0 Å². The van der Waals surface area contributed by atoms with Gasteiger partial charge in [0, 0.05) is 30.2 Å². The van der Waals surface area contributed by atoms with E-state index in [2.05, 4.69) is 10.6 Å². The first kappa shape index (κ1) is 18.1. The van der Waals surface area contributed by atoms with Gasteiger partial charge in [-0.1, -0.05) is 29.8 Å². The first-order valence-electron chi connectivity index (χ1n) is 7.27. The average Bonchev–Trinajstić information content (AvgIpc) is 2.54. The molecule has 0 aliphatic heterocycles. The number of amides is 1. The lowest BCUT2D eigenvalue weighted by Crippen LogP contribution is -2.24. The van der Waals surface area contributed by atoms with E-state index in [1.807, 2.05) is 12.1 Å². The lowest BCUT2D eigenvalue weighted by atomic mass is 10.2. The maximum atomic E-state index is 12.6. The van der Waals surface area contributed by atoms with E-state index < -0.39 is 11.7 Å². The molecule has 0 fully saturated rings. The predicted molar refractivity (Wildman–Crippen MR) is 87.8 cm³/mol. The molecule has 0 radical (unpaired) electrons. The van der Waals surface area contributed by atoms with Gasteiger partial charge in [-0.3, -0.25) is 4.79 Å². The summed E-state index contributed by atoms with van der Waals surface area (Å²) in [4.78, 5) is 11.7. The van der Waals surface area contributed by atoms with Gasteiger partial charge in [-0.15, -0.1) is 0 Å². The SMILES string of the molecule is O=C(CCNc1cccc(C(F)(F)F)c1)NCc1ccc(Cl)cc1. The van der Waals surface area contributed by atoms with Gasteiger partial charge in [-0.2, -0.15) is 13.2 Å². The summed E-state index contributed by atoms with van der Waals surface area (Å²) in [5.74, 6) is -0.190. The number of anilines is 1. The molecule has 2 N–H and O–H groups in total. The summed E-state index contributed by atoms with van der Waals surface area (Å²) in [6, 6.07) is 12.0. The minimum absolute atomic E-state index is 0.157. The highest BCUT2D eigenvalue weighted by Crippen LogP contribution is 2.30. The molecule has 2 rings (SSSR count). The van der Waals surface area contributed by atoms with E-state index in [1.54, 1.807) is 12.1 Å². The number of carbonyl (C=O) groups is 1. The largest absolute Gasteiger partial charge is 0.416 e. The van der Waals surface area contributed by atoms with Crippen LogP contribution in [0.3, 0.4) is 0 Å². The molecule has 2 aromatic rings. The Balaban J connectivity index is 1.75. The lowest BCUT2D eigenvalue weighted by Gasteiger charge is -2.11. The molecule has 0 saturated heterocycles. The van der Waals surface area contributed by atoms with Crippen LogP contribution in [0.15, 0.2) is 48.5 Å². The van der Waals surface area contributed by atoms with Crippen LogP contribution in [0.1, 0.15) is 17.5 Å². The minimum atomic E-state index is -4.38. The quantitative estimate of drug-likeness (QED) is 0.801. The van der Waals surface area contributed by atoms with Crippen LogP contribution >= 0.6 is 11.6 Å². The number of nitrogens with one attached hydrogen (secondary N) is 2. The molecule has 3 nitrogen and oxygen atoms in total. The van der Waals surface area contributed by atoms with E-state index in [9.17, 15) is 18.0 Å². The molecule has 0 aliphatic carbocycles. The first-order chi connectivity index (χ1) is 11.3. The van der Waals surface area contributed by atoms with Crippen molar-refractivity contribution in [2.45, 2.75) is 19.1 Å². The van der Waals surface area contributed by atoms with Gasteiger partial charge >= 0.3 is 6.18 Å². The van der Waals surface area contributed by atoms with Crippen molar-refractivity contribution in [3.8, 4) is 0 Å². The Morgan fingerprint density at radius 1 is 1.08 bits per heavy atom. The summed E-state index contributed by atoms with van der Waals surface area (Å²) in [6.07, 6.45) is -4.22. The Morgan fingerprint density at radius 2 is 1.79 bits per heavy atom.